The predicted molar refractivity (Wildman–Crippen MR) is 115 cm³/mol. The standard InChI is InChI=1S/C24H28N2O2/c27-21(18-28-22-9-2-1-3-10-22)17-26-15-13-20(14-16-26)25-24-12-6-8-19-7-4-5-11-23(19)24/h1-12,20-21,25,27H,13-18H2/t21-/m0/s1. The fourth-order valence-corrected chi connectivity index (χ4v) is 3.89. The zero-order valence-corrected chi connectivity index (χ0v) is 16.1. The molecule has 146 valence electrons. The Balaban J connectivity index is 1.24. The van der Waals surface area contributed by atoms with Crippen molar-refractivity contribution >= 4 is 16.5 Å². The molecule has 1 aliphatic rings. The molecule has 0 bridgehead atoms. The number of rotatable bonds is 7. The van der Waals surface area contributed by atoms with Gasteiger partial charge in [-0.2, -0.15) is 0 Å². The number of hydrogen-bond acceptors (Lipinski definition) is 4. The lowest BCUT2D eigenvalue weighted by Gasteiger charge is -2.34. The third kappa shape index (κ3) is 4.83. The van der Waals surface area contributed by atoms with Crippen molar-refractivity contribution in [1.82, 2.24) is 4.90 Å². The summed E-state index contributed by atoms with van der Waals surface area (Å²) in [5, 5.41) is 16.6. The van der Waals surface area contributed by atoms with E-state index in [0.717, 1.165) is 31.7 Å². The van der Waals surface area contributed by atoms with E-state index < -0.39 is 6.10 Å². The molecule has 2 N–H and O–H groups in total. The summed E-state index contributed by atoms with van der Waals surface area (Å²) in [5.41, 5.74) is 1.22. The van der Waals surface area contributed by atoms with Crippen LogP contribution in [0.5, 0.6) is 5.75 Å². The largest absolute Gasteiger partial charge is 0.491 e. The van der Waals surface area contributed by atoms with Gasteiger partial charge in [0, 0.05) is 36.7 Å². The van der Waals surface area contributed by atoms with Gasteiger partial charge in [-0.3, -0.25) is 0 Å². The molecule has 0 aromatic heterocycles. The number of anilines is 1. The van der Waals surface area contributed by atoms with Crippen molar-refractivity contribution in [1.29, 1.82) is 0 Å². The van der Waals surface area contributed by atoms with Crippen molar-refractivity contribution in [2.45, 2.75) is 25.0 Å². The predicted octanol–water partition coefficient (Wildman–Crippen LogP) is 4.16. The van der Waals surface area contributed by atoms with Crippen molar-refractivity contribution in [3.8, 4) is 5.75 Å². The number of para-hydroxylation sites is 1. The first-order valence-corrected chi connectivity index (χ1v) is 10.1. The summed E-state index contributed by atoms with van der Waals surface area (Å²) in [4.78, 5) is 2.33. The second-order valence-electron chi connectivity index (χ2n) is 7.52. The van der Waals surface area contributed by atoms with Crippen LogP contribution < -0.4 is 10.1 Å². The fraction of sp³-hybridized carbons (Fsp3) is 0.333. The molecule has 28 heavy (non-hydrogen) atoms. The molecule has 0 amide bonds. The van der Waals surface area contributed by atoms with Gasteiger partial charge in [-0.1, -0.05) is 54.6 Å². The zero-order valence-electron chi connectivity index (χ0n) is 16.1. The summed E-state index contributed by atoms with van der Waals surface area (Å²) >= 11 is 0. The van der Waals surface area contributed by atoms with Crippen molar-refractivity contribution in [2.75, 3.05) is 31.6 Å². The van der Waals surface area contributed by atoms with Crippen molar-refractivity contribution < 1.29 is 9.84 Å². The molecule has 1 aliphatic heterocycles. The average molecular weight is 377 g/mol. The quantitative estimate of drug-likeness (QED) is 0.650. The summed E-state index contributed by atoms with van der Waals surface area (Å²) in [7, 11) is 0. The van der Waals surface area contributed by atoms with Crippen LogP contribution >= 0.6 is 0 Å². The number of fused-ring (bicyclic) bond motifs is 1. The number of β-amino-alcohol motifs (C(OH)–C–C–N with tert-alkyl or cyclic N) is 1. The van der Waals surface area contributed by atoms with E-state index in [1.165, 1.54) is 16.5 Å². The minimum Gasteiger partial charge on any atom is -0.491 e. The maximum Gasteiger partial charge on any atom is 0.119 e. The molecule has 4 nitrogen and oxygen atoms in total. The Morgan fingerprint density at radius 3 is 2.46 bits per heavy atom. The third-order valence-corrected chi connectivity index (χ3v) is 5.39. The van der Waals surface area contributed by atoms with Crippen molar-refractivity contribution in [3.05, 3.63) is 72.8 Å². The van der Waals surface area contributed by atoms with Crippen LogP contribution in [-0.2, 0) is 0 Å². The molecular weight excluding hydrogens is 348 g/mol. The SMILES string of the molecule is O[C@H](COc1ccccc1)CN1CCC(Nc2cccc3ccccc23)CC1. The van der Waals surface area contributed by atoms with Crippen LogP contribution in [0.15, 0.2) is 72.8 Å². The van der Waals surface area contributed by atoms with Gasteiger partial charge in [0.2, 0.25) is 0 Å². The molecule has 4 heteroatoms. The van der Waals surface area contributed by atoms with Crippen molar-refractivity contribution in [3.63, 3.8) is 0 Å². The van der Waals surface area contributed by atoms with Gasteiger partial charge in [0.25, 0.3) is 0 Å². The van der Waals surface area contributed by atoms with E-state index in [4.69, 9.17) is 4.74 Å². The number of aliphatic hydroxyl groups excluding tert-OH is 1. The molecule has 0 aliphatic carbocycles. The van der Waals surface area contributed by atoms with Gasteiger partial charge in [-0.15, -0.1) is 0 Å². The molecule has 3 aromatic carbocycles. The van der Waals surface area contributed by atoms with E-state index in [1.54, 1.807) is 0 Å². The van der Waals surface area contributed by atoms with E-state index in [0.29, 0.717) is 19.2 Å². The Labute approximate surface area is 166 Å². The molecule has 3 aromatic rings. The maximum atomic E-state index is 10.3. The molecule has 0 radical (unpaired) electrons. The van der Waals surface area contributed by atoms with E-state index in [2.05, 4.69) is 52.7 Å². The van der Waals surface area contributed by atoms with E-state index in [-0.39, 0.29) is 0 Å². The van der Waals surface area contributed by atoms with Crippen LogP contribution in [0.3, 0.4) is 0 Å². The van der Waals surface area contributed by atoms with Gasteiger partial charge >= 0.3 is 0 Å². The highest BCUT2D eigenvalue weighted by atomic mass is 16.5. The maximum absolute atomic E-state index is 10.3. The van der Waals surface area contributed by atoms with Crippen LogP contribution in [0.2, 0.25) is 0 Å². The Morgan fingerprint density at radius 1 is 0.929 bits per heavy atom. The van der Waals surface area contributed by atoms with Crippen LogP contribution in [0.1, 0.15) is 12.8 Å². The molecular formula is C24H28N2O2. The number of ether oxygens (including phenoxy) is 1. The lowest BCUT2D eigenvalue weighted by molar-refractivity contribution is 0.0605. The second kappa shape index (κ2) is 9.09. The number of aliphatic hydroxyl groups is 1. The molecule has 0 unspecified atom stereocenters. The van der Waals surface area contributed by atoms with Gasteiger partial charge < -0.3 is 20.1 Å². The summed E-state index contributed by atoms with van der Waals surface area (Å²) < 4.78 is 5.66. The summed E-state index contributed by atoms with van der Waals surface area (Å²) in [6, 6.07) is 25.1. The molecule has 4 rings (SSSR count). The lowest BCUT2D eigenvalue weighted by atomic mass is 10.0. The first-order chi connectivity index (χ1) is 13.8. The Morgan fingerprint density at radius 2 is 1.64 bits per heavy atom. The van der Waals surface area contributed by atoms with Crippen LogP contribution in [0.4, 0.5) is 5.69 Å². The van der Waals surface area contributed by atoms with Crippen LogP contribution in [0.25, 0.3) is 10.8 Å². The summed E-state index contributed by atoms with van der Waals surface area (Å²) in [6.07, 6.45) is 1.69. The molecule has 1 fully saturated rings. The highest BCUT2D eigenvalue weighted by Gasteiger charge is 2.21. The van der Waals surface area contributed by atoms with Gasteiger partial charge in [0.05, 0.1) is 0 Å². The van der Waals surface area contributed by atoms with Gasteiger partial charge in [-0.25, -0.2) is 0 Å². The molecule has 1 atom stereocenters. The molecule has 0 spiro atoms. The highest BCUT2D eigenvalue weighted by molar-refractivity contribution is 5.93. The topological polar surface area (TPSA) is 44.7 Å². The number of nitrogens with zero attached hydrogens (tertiary/aromatic N) is 1. The number of nitrogens with one attached hydrogen (secondary N) is 1. The van der Waals surface area contributed by atoms with Crippen molar-refractivity contribution in [2.24, 2.45) is 0 Å². The highest BCUT2D eigenvalue weighted by Crippen LogP contribution is 2.25. The monoisotopic (exact) mass is 376 g/mol. The minimum absolute atomic E-state index is 0.332. The lowest BCUT2D eigenvalue weighted by Crippen LogP contribution is -2.43. The zero-order chi connectivity index (χ0) is 19.2. The van der Waals surface area contributed by atoms with E-state index in [9.17, 15) is 5.11 Å². The normalized spacial score (nSPS) is 16.8. The van der Waals surface area contributed by atoms with Crippen LogP contribution in [0, 0.1) is 0 Å². The first-order valence-electron chi connectivity index (χ1n) is 10.1. The average Bonchev–Trinajstić information content (AvgIpc) is 2.75. The van der Waals surface area contributed by atoms with Gasteiger partial charge in [0.1, 0.15) is 18.5 Å². The number of hydrogen-bond donors (Lipinski definition) is 2. The van der Waals surface area contributed by atoms with Gasteiger partial charge in [-0.05, 0) is 36.4 Å². The fourth-order valence-electron chi connectivity index (χ4n) is 3.89. The smallest absolute Gasteiger partial charge is 0.119 e. The Bertz CT molecular complexity index is 871. The molecule has 1 saturated heterocycles. The van der Waals surface area contributed by atoms with Gasteiger partial charge in [0.15, 0.2) is 0 Å². The second-order valence-corrected chi connectivity index (χ2v) is 7.52. The number of likely N-dealkylation sites (tertiary alicyclic amines) is 1. The van der Waals surface area contributed by atoms with E-state index in [1.807, 2.05) is 30.3 Å². The number of benzene rings is 3. The first kappa shape index (κ1) is 18.8. The molecule has 0 saturated carbocycles. The summed E-state index contributed by atoms with van der Waals surface area (Å²) in [5.74, 6) is 0.805. The Hall–Kier alpha value is -2.56. The minimum atomic E-state index is -0.470. The van der Waals surface area contributed by atoms with E-state index >= 15 is 0 Å². The third-order valence-electron chi connectivity index (χ3n) is 5.39. The van der Waals surface area contributed by atoms with Crippen LogP contribution in [-0.4, -0.2) is 48.4 Å². The number of piperidine rings is 1. The summed E-state index contributed by atoms with van der Waals surface area (Å²) in [6.45, 7) is 2.97. The molecule has 1 heterocycles. The Kier molecular flexibility index (Phi) is 6.10.